The van der Waals surface area contributed by atoms with Gasteiger partial charge in [0.25, 0.3) is 11.8 Å². The van der Waals surface area contributed by atoms with Gasteiger partial charge in [0.05, 0.1) is 9.77 Å². The molecule has 148 valence electrons. The maximum Gasteiger partial charge on any atom is 0.264 e. The van der Waals surface area contributed by atoms with Gasteiger partial charge in [-0.25, -0.2) is 13.1 Å². The second-order valence-corrected chi connectivity index (χ2v) is 8.94. The number of hydrogen-bond donors (Lipinski definition) is 1. The van der Waals surface area contributed by atoms with Crippen LogP contribution in [0.2, 0.25) is 0 Å². The van der Waals surface area contributed by atoms with E-state index in [2.05, 4.69) is 11.3 Å². The molecule has 0 bridgehead atoms. The van der Waals surface area contributed by atoms with E-state index in [1.54, 1.807) is 15.9 Å². The van der Waals surface area contributed by atoms with Crippen LogP contribution in [0.1, 0.15) is 20.0 Å². The fourth-order valence-corrected chi connectivity index (χ4v) is 4.57. The van der Waals surface area contributed by atoms with E-state index in [9.17, 15) is 18.0 Å². The molecular weight excluding hydrogens is 398 g/mol. The number of nitrogens with one attached hydrogen (secondary N) is 1. The molecule has 0 unspecified atom stereocenters. The normalized spacial score (nSPS) is 14.7. The summed E-state index contributed by atoms with van der Waals surface area (Å²) < 4.78 is 26.5. The highest BCUT2D eigenvalue weighted by Crippen LogP contribution is 2.16. The van der Waals surface area contributed by atoms with Crippen LogP contribution in [0, 0.1) is 0 Å². The minimum atomic E-state index is -3.62. The van der Waals surface area contributed by atoms with E-state index in [0.29, 0.717) is 36.6 Å². The highest BCUT2D eigenvalue weighted by atomic mass is 32.2. The Hall–Kier alpha value is -2.49. The van der Waals surface area contributed by atoms with Crippen molar-refractivity contribution >= 4 is 33.2 Å². The third-order valence-corrected chi connectivity index (χ3v) is 6.71. The Morgan fingerprint density at radius 3 is 2.18 bits per heavy atom. The maximum absolute atomic E-state index is 12.7. The fraction of sp³-hybridized carbons (Fsp3) is 0.263. The average molecular weight is 420 g/mol. The second kappa shape index (κ2) is 8.68. The zero-order chi connectivity index (χ0) is 20.1. The number of rotatable bonds is 6. The third kappa shape index (κ3) is 4.49. The van der Waals surface area contributed by atoms with Crippen molar-refractivity contribution < 1.29 is 18.0 Å². The SMILES string of the molecule is C=CCNS(=O)(=O)c1ccc(C(=O)N2CCN(C(=O)c3cccs3)CC2)cc1. The molecule has 1 N–H and O–H groups in total. The van der Waals surface area contributed by atoms with Gasteiger partial charge in [-0.1, -0.05) is 12.1 Å². The van der Waals surface area contributed by atoms with Gasteiger partial charge in [-0.15, -0.1) is 17.9 Å². The van der Waals surface area contributed by atoms with Crippen LogP contribution in [0.15, 0.2) is 59.3 Å². The molecule has 1 saturated heterocycles. The average Bonchev–Trinajstić information content (AvgIpc) is 3.26. The lowest BCUT2D eigenvalue weighted by molar-refractivity contribution is 0.0538. The number of nitrogens with zero attached hydrogens (tertiary/aromatic N) is 2. The Labute approximate surface area is 168 Å². The summed E-state index contributed by atoms with van der Waals surface area (Å²) in [5, 5.41) is 1.86. The molecule has 1 fully saturated rings. The molecule has 0 atom stereocenters. The predicted octanol–water partition coefficient (Wildman–Crippen LogP) is 1.81. The van der Waals surface area contributed by atoms with Crippen LogP contribution in [-0.2, 0) is 10.0 Å². The first-order valence-corrected chi connectivity index (χ1v) is 11.1. The molecule has 3 rings (SSSR count). The Balaban J connectivity index is 1.61. The first-order chi connectivity index (χ1) is 13.4. The zero-order valence-electron chi connectivity index (χ0n) is 15.2. The number of hydrogen-bond acceptors (Lipinski definition) is 5. The lowest BCUT2D eigenvalue weighted by Gasteiger charge is -2.34. The Kier molecular flexibility index (Phi) is 6.28. The molecule has 0 radical (unpaired) electrons. The van der Waals surface area contributed by atoms with Crippen LogP contribution in [0.4, 0.5) is 0 Å². The van der Waals surface area contributed by atoms with E-state index in [1.165, 1.54) is 41.7 Å². The van der Waals surface area contributed by atoms with Gasteiger partial charge in [0, 0.05) is 38.3 Å². The Bertz CT molecular complexity index is 946. The molecule has 0 spiro atoms. The van der Waals surface area contributed by atoms with Gasteiger partial charge in [-0.3, -0.25) is 9.59 Å². The molecule has 7 nitrogen and oxygen atoms in total. The molecule has 1 aliphatic heterocycles. The molecule has 2 heterocycles. The van der Waals surface area contributed by atoms with Gasteiger partial charge in [-0.2, -0.15) is 0 Å². The number of sulfonamides is 1. The lowest BCUT2D eigenvalue weighted by Crippen LogP contribution is -2.50. The van der Waals surface area contributed by atoms with Crippen LogP contribution < -0.4 is 4.72 Å². The number of amides is 2. The van der Waals surface area contributed by atoms with Crippen LogP contribution in [0.5, 0.6) is 0 Å². The Morgan fingerprint density at radius 2 is 1.64 bits per heavy atom. The van der Waals surface area contributed by atoms with Gasteiger partial charge in [0.1, 0.15) is 0 Å². The van der Waals surface area contributed by atoms with Gasteiger partial charge < -0.3 is 9.80 Å². The van der Waals surface area contributed by atoms with E-state index in [1.807, 2.05) is 11.4 Å². The molecule has 2 amide bonds. The smallest absolute Gasteiger partial charge is 0.264 e. The van der Waals surface area contributed by atoms with Crippen LogP contribution in [0.25, 0.3) is 0 Å². The van der Waals surface area contributed by atoms with E-state index in [4.69, 9.17) is 0 Å². The van der Waals surface area contributed by atoms with Crippen LogP contribution in [-0.4, -0.2) is 62.8 Å². The number of benzene rings is 1. The minimum Gasteiger partial charge on any atom is -0.335 e. The van der Waals surface area contributed by atoms with Crippen molar-refractivity contribution in [2.75, 3.05) is 32.7 Å². The minimum absolute atomic E-state index is 0.0105. The van der Waals surface area contributed by atoms with Crippen molar-refractivity contribution in [3.63, 3.8) is 0 Å². The number of carbonyl (C=O) groups excluding carboxylic acids is 2. The summed E-state index contributed by atoms with van der Waals surface area (Å²) in [6.07, 6.45) is 1.46. The Morgan fingerprint density at radius 1 is 1.04 bits per heavy atom. The first kappa shape index (κ1) is 20.2. The first-order valence-electron chi connectivity index (χ1n) is 8.75. The van der Waals surface area contributed by atoms with E-state index < -0.39 is 10.0 Å². The van der Waals surface area contributed by atoms with Crippen molar-refractivity contribution in [3.8, 4) is 0 Å². The summed E-state index contributed by atoms with van der Waals surface area (Å²) in [5.74, 6) is -0.185. The molecule has 2 aromatic rings. The van der Waals surface area contributed by atoms with Crippen molar-refractivity contribution in [2.24, 2.45) is 0 Å². The second-order valence-electron chi connectivity index (χ2n) is 6.23. The summed E-state index contributed by atoms with van der Waals surface area (Å²) >= 11 is 1.41. The molecule has 1 aromatic heterocycles. The van der Waals surface area contributed by atoms with Gasteiger partial charge >= 0.3 is 0 Å². The summed E-state index contributed by atoms with van der Waals surface area (Å²) in [5.41, 5.74) is 0.417. The summed E-state index contributed by atoms with van der Waals surface area (Å²) in [6, 6.07) is 9.48. The largest absolute Gasteiger partial charge is 0.335 e. The lowest BCUT2D eigenvalue weighted by atomic mass is 10.2. The molecule has 1 aliphatic rings. The third-order valence-electron chi connectivity index (χ3n) is 4.42. The molecule has 1 aromatic carbocycles. The van der Waals surface area contributed by atoms with E-state index >= 15 is 0 Å². The fourth-order valence-electron chi connectivity index (χ4n) is 2.88. The summed E-state index contributed by atoms with van der Waals surface area (Å²) in [4.78, 5) is 29.3. The topological polar surface area (TPSA) is 86.8 Å². The van der Waals surface area contributed by atoms with Crippen LogP contribution in [0.3, 0.4) is 0 Å². The van der Waals surface area contributed by atoms with Crippen molar-refractivity contribution in [1.29, 1.82) is 0 Å². The highest BCUT2D eigenvalue weighted by Gasteiger charge is 2.26. The molecule has 0 aliphatic carbocycles. The van der Waals surface area contributed by atoms with Gasteiger partial charge in [0.2, 0.25) is 10.0 Å². The van der Waals surface area contributed by atoms with Crippen LogP contribution >= 0.6 is 11.3 Å². The van der Waals surface area contributed by atoms with Crippen molar-refractivity contribution in [2.45, 2.75) is 4.90 Å². The number of thiophene rings is 1. The van der Waals surface area contributed by atoms with E-state index in [-0.39, 0.29) is 23.3 Å². The molecule has 0 saturated carbocycles. The molecule has 9 heteroatoms. The summed E-state index contributed by atoms with van der Waals surface area (Å²) in [6.45, 7) is 5.44. The van der Waals surface area contributed by atoms with Gasteiger partial charge in [-0.05, 0) is 35.7 Å². The maximum atomic E-state index is 12.7. The highest BCUT2D eigenvalue weighted by molar-refractivity contribution is 7.89. The van der Waals surface area contributed by atoms with Crippen molar-refractivity contribution in [3.05, 3.63) is 64.9 Å². The zero-order valence-corrected chi connectivity index (χ0v) is 16.8. The monoisotopic (exact) mass is 419 g/mol. The summed E-state index contributed by atoms with van der Waals surface area (Å²) in [7, 11) is -3.62. The molecule has 28 heavy (non-hydrogen) atoms. The standard InChI is InChI=1S/C19H21N3O4S2/c1-2-9-20-28(25,26)16-7-5-15(6-8-16)18(23)21-10-12-22(13-11-21)19(24)17-4-3-14-27-17/h2-8,14,20H,1,9-13H2. The quantitative estimate of drug-likeness (QED) is 0.724. The van der Waals surface area contributed by atoms with Crippen molar-refractivity contribution in [1.82, 2.24) is 14.5 Å². The van der Waals surface area contributed by atoms with Gasteiger partial charge in [0.15, 0.2) is 0 Å². The molecular formula is C19H21N3O4S2. The van der Waals surface area contributed by atoms with E-state index in [0.717, 1.165) is 0 Å². The number of piperazine rings is 1. The number of carbonyl (C=O) groups is 2. The predicted molar refractivity (Wildman–Crippen MR) is 108 cm³/mol.